The Kier molecular flexibility index (Phi) is 11.0. The lowest BCUT2D eigenvalue weighted by Crippen LogP contribution is -1.93. The largest absolute Gasteiger partial charge is 0.496 e. The van der Waals surface area contributed by atoms with Gasteiger partial charge in [0, 0.05) is 11.1 Å². The quantitative estimate of drug-likeness (QED) is 0.264. The second-order valence-electron chi connectivity index (χ2n) is 9.97. The molecule has 4 rings (SSSR count). The van der Waals surface area contributed by atoms with Gasteiger partial charge in [0.2, 0.25) is 0 Å². The van der Waals surface area contributed by atoms with E-state index in [1.165, 1.54) is 44.5 Å². The van der Waals surface area contributed by atoms with Crippen LogP contribution in [-0.2, 0) is 0 Å². The highest BCUT2D eigenvalue weighted by molar-refractivity contribution is 5.72. The van der Waals surface area contributed by atoms with E-state index in [-0.39, 0.29) is 7.43 Å². The first-order valence-corrected chi connectivity index (χ1v) is 12.7. The smallest absolute Gasteiger partial charge is 0.126 e. The van der Waals surface area contributed by atoms with Crippen molar-refractivity contribution < 1.29 is 9.47 Å². The lowest BCUT2D eigenvalue weighted by atomic mass is 9.96. The molecule has 0 aliphatic rings. The molecular formula is C35H44O2. The van der Waals surface area contributed by atoms with Gasteiger partial charge in [0.15, 0.2) is 0 Å². The minimum Gasteiger partial charge on any atom is -0.496 e. The molecule has 0 heterocycles. The van der Waals surface area contributed by atoms with Crippen molar-refractivity contribution in [3.63, 3.8) is 0 Å². The Hall–Kier alpha value is -3.52. The van der Waals surface area contributed by atoms with Crippen molar-refractivity contribution >= 4 is 0 Å². The van der Waals surface area contributed by atoms with Gasteiger partial charge < -0.3 is 9.47 Å². The molecule has 0 amide bonds. The summed E-state index contributed by atoms with van der Waals surface area (Å²) in [5.41, 5.74) is 10.00. The average molecular weight is 497 g/mol. The summed E-state index contributed by atoms with van der Waals surface area (Å²) < 4.78 is 10.9. The van der Waals surface area contributed by atoms with E-state index in [4.69, 9.17) is 9.47 Å². The zero-order valence-electron chi connectivity index (χ0n) is 23.1. The Morgan fingerprint density at radius 3 is 1.19 bits per heavy atom. The van der Waals surface area contributed by atoms with Gasteiger partial charge in [-0.05, 0) is 72.2 Å². The normalized spacial score (nSPS) is 10.4. The van der Waals surface area contributed by atoms with Crippen molar-refractivity contribution in [2.24, 2.45) is 0 Å². The predicted octanol–water partition coefficient (Wildman–Crippen LogP) is 10.2. The van der Waals surface area contributed by atoms with Gasteiger partial charge in [-0.25, -0.2) is 0 Å². The van der Waals surface area contributed by atoms with Gasteiger partial charge in [-0.1, -0.05) is 107 Å². The molecule has 0 atom stereocenters. The topological polar surface area (TPSA) is 18.5 Å². The Balaban J connectivity index is 0.000000253. The third kappa shape index (κ3) is 7.73. The number of hydrogen-bond acceptors (Lipinski definition) is 2. The van der Waals surface area contributed by atoms with E-state index in [0.717, 1.165) is 11.5 Å². The zero-order valence-corrected chi connectivity index (χ0v) is 23.1. The highest BCUT2D eigenvalue weighted by Gasteiger charge is 2.10. The molecule has 0 aliphatic heterocycles. The first kappa shape index (κ1) is 29.7. The van der Waals surface area contributed by atoms with Crippen LogP contribution in [-0.4, -0.2) is 14.2 Å². The monoisotopic (exact) mass is 496 g/mol. The maximum atomic E-state index is 5.47. The summed E-state index contributed by atoms with van der Waals surface area (Å²) in [5.74, 6) is 2.92. The van der Waals surface area contributed by atoms with E-state index < -0.39 is 0 Å². The van der Waals surface area contributed by atoms with Crippen LogP contribution in [0.4, 0.5) is 0 Å². The predicted molar refractivity (Wildman–Crippen MR) is 161 cm³/mol. The average Bonchev–Trinajstić information content (AvgIpc) is 2.88. The highest BCUT2D eigenvalue weighted by Crippen LogP contribution is 2.34. The number of benzene rings is 4. The summed E-state index contributed by atoms with van der Waals surface area (Å²) >= 11 is 0. The molecule has 0 fully saturated rings. The van der Waals surface area contributed by atoms with Gasteiger partial charge >= 0.3 is 0 Å². The molecule has 0 aliphatic carbocycles. The summed E-state index contributed by atoms with van der Waals surface area (Å²) in [7, 11) is 3.45. The van der Waals surface area contributed by atoms with E-state index in [1.807, 2.05) is 0 Å². The molecule has 0 saturated heterocycles. The molecule has 4 aromatic rings. The highest BCUT2D eigenvalue weighted by atomic mass is 16.5. The molecule has 0 radical (unpaired) electrons. The van der Waals surface area contributed by atoms with Crippen LogP contribution in [0, 0.1) is 13.8 Å². The van der Waals surface area contributed by atoms with Crippen LogP contribution in [0.25, 0.3) is 22.3 Å². The summed E-state index contributed by atoms with van der Waals surface area (Å²) in [4.78, 5) is 0. The Morgan fingerprint density at radius 2 is 0.892 bits per heavy atom. The third-order valence-corrected chi connectivity index (χ3v) is 6.44. The van der Waals surface area contributed by atoms with E-state index in [2.05, 4.69) is 126 Å². The van der Waals surface area contributed by atoms with E-state index in [0.29, 0.717) is 11.8 Å². The van der Waals surface area contributed by atoms with Crippen molar-refractivity contribution in [3.8, 4) is 33.8 Å². The third-order valence-electron chi connectivity index (χ3n) is 6.44. The maximum absolute atomic E-state index is 5.47. The van der Waals surface area contributed by atoms with Gasteiger partial charge in [0.1, 0.15) is 11.5 Å². The molecule has 2 nitrogen and oxygen atoms in total. The molecule has 4 aromatic carbocycles. The maximum Gasteiger partial charge on any atom is 0.126 e. The van der Waals surface area contributed by atoms with E-state index >= 15 is 0 Å². The lowest BCUT2D eigenvalue weighted by Gasteiger charge is -2.13. The Bertz CT molecular complexity index is 1180. The number of methoxy groups -OCH3 is 2. The molecule has 0 spiro atoms. The number of hydrogen-bond donors (Lipinski definition) is 0. The van der Waals surface area contributed by atoms with Crippen molar-refractivity contribution in [2.75, 3.05) is 14.2 Å². The van der Waals surface area contributed by atoms with Crippen molar-refractivity contribution in [3.05, 3.63) is 107 Å². The fourth-order valence-electron chi connectivity index (χ4n) is 4.25. The summed E-state index contributed by atoms with van der Waals surface area (Å²) in [6.07, 6.45) is 0. The lowest BCUT2D eigenvalue weighted by molar-refractivity contribution is 0.416. The fraction of sp³-hybridized carbons (Fsp3) is 0.314. The molecule has 37 heavy (non-hydrogen) atoms. The van der Waals surface area contributed by atoms with E-state index in [9.17, 15) is 0 Å². The molecule has 0 unspecified atom stereocenters. The standard InChI is InChI=1S/2C17H20O.CH4/c2*1-12(2)14-8-9-17(18-4)16(11-14)15-7-5-6-13(3)10-15;/h2*5-12H,1-4H3;1H4. The summed E-state index contributed by atoms with van der Waals surface area (Å²) in [6, 6.07) is 29.9. The van der Waals surface area contributed by atoms with Crippen LogP contribution in [0.3, 0.4) is 0 Å². The molecule has 196 valence electrons. The van der Waals surface area contributed by atoms with Crippen LogP contribution >= 0.6 is 0 Å². The van der Waals surface area contributed by atoms with Gasteiger partial charge in [-0.3, -0.25) is 0 Å². The Morgan fingerprint density at radius 1 is 0.514 bits per heavy atom. The number of rotatable bonds is 6. The Labute approximate surface area is 225 Å². The molecule has 0 aromatic heterocycles. The second-order valence-corrected chi connectivity index (χ2v) is 9.97. The van der Waals surface area contributed by atoms with Crippen LogP contribution in [0.2, 0.25) is 0 Å². The minimum absolute atomic E-state index is 0. The molecule has 0 saturated carbocycles. The minimum atomic E-state index is 0. The van der Waals surface area contributed by atoms with Crippen LogP contribution in [0.15, 0.2) is 84.9 Å². The van der Waals surface area contributed by atoms with Crippen LogP contribution < -0.4 is 9.47 Å². The number of ether oxygens (including phenoxy) is 2. The fourth-order valence-corrected chi connectivity index (χ4v) is 4.25. The SMILES string of the molecule is C.COc1ccc(C(C)C)cc1-c1cccc(C)c1.COc1ccc(C(C)C)cc1-c1cccc(C)c1. The van der Waals surface area contributed by atoms with Gasteiger partial charge in [0.05, 0.1) is 14.2 Å². The molecule has 0 N–H and O–H groups in total. The molecule has 0 bridgehead atoms. The number of aryl methyl sites for hydroxylation is 2. The zero-order chi connectivity index (χ0) is 26.2. The first-order chi connectivity index (χ1) is 17.2. The first-order valence-electron chi connectivity index (χ1n) is 12.7. The van der Waals surface area contributed by atoms with E-state index in [1.54, 1.807) is 14.2 Å². The molecular weight excluding hydrogens is 452 g/mol. The second kappa shape index (κ2) is 13.7. The summed E-state index contributed by atoms with van der Waals surface area (Å²) in [5, 5.41) is 0. The van der Waals surface area contributed by atoms with Gasteiger partial charge in [0.25, 0.3) is 0 Å². The van der Waals surface area contributed by atoms with Crippen LogP contribution in [0.5, 0.6) is 11.5 Å². The van der Waals surface area contributed by atoms with Crippen LogP contribution in [0.1, 0.15) is 69.2 Å². The van der Waals surface area contributed by atoms with Gasteiger partial charge in [-0.2, -0.15) is 0 Å². The van der Waals surface area contributed by atoms with Crippen molar-refractivity contribution in [2.45, 2.75) is 60.8 Å². The van der Waals surface area contributed by atoms with Crippen molar-refractivity contribution in [1.82, 2.24) is 0 Å². The molecule has 2 heteroatoms. The van der Waals surface area contributed by atoms with Crippen molar-refractivity contribution in [1.29, 1.82) is 0 Å². The summed E-state index contributed by atoms with van der Waals surface area (Å²) in [6.45, 7) is 13.1. The van der Waals surface area contributed by atoms with Gasteiger partial charge in [-0.15, -0.1) is 0 Å².